The van der Waals surface area contributed by atoms with Crippen LogP contribution in [0.1, 0.15) is 29.6 Å². The van der Waals surface area contributed by atoms with Gasteiger partial charge in [0.05, 0.1) is 25.7 Å². The van der Waals surface area contributed by atoms with E-state index in [0.29, 0.717) is 25.4 Å². The van der Waals surface area contributed by atoms with E-state index in [9.17, 15) is 9.59 Å². The van der Waals surface area contributed by atoms with Gasteiger partial charge < -0.3 is 25.0 Å². The van der Waals surface area contributed by atoms with Gasteiger partial charge in [-0.05, 0) is 50.1 Å². The smallest absolute Gasteiger partial charge is 0.248 e. The molecule has 1 aromatic rings. The summed E-state index contributed by atoms with van der Waals surface area (Å²) in [5, 5.41) is 0. The van der Waals surface area contributed by atoms with Crippen molar-refractivity contribution < 1.29 is 19.1 Å². The van der Waals surface area contributed by atoms with Crippen molar-refractivity contribution in [2.24, 2.45) is 11.7 Å². The van der Waals surface area contributed by atoms with Crippen LogP contribution in [0.5, 0.6) is 5.75 Å². The van der Waals surface area contributed by atoms with Crippen molar-refractivity contribution in [1.29, 1.82) is 0 Å². The molecule has 1 aromatic carbocycles. The summed E-state index contributed by atoms with van der Waals surface area (Å²) >= 11 is 0. The third-order valence-electron chi connectivity index (χ3n) is 5.20. The topological polar surface area (TPSA) is 85.1 Å². The van der Waals surface area contributed by atoms with Gasteiger partial charge in [-0.15, -0.1) is 0 Å². The number of carbonyl (C=O) groups excluding carboxylic acids is 2. The lowest BCUT2D eigenvalue weighted by molar-refractivity contribution is -0.141. The molecule has 1 unspecified atom stereocenters. The summed E-state index contributed by atoms with van der Waals surface area (Å²) in [6.45, 7) is 6.15. The highest BCUT2D eigenvalue weighted by Crippen LogP contribution is 2.20. The summed E-state index contributed by atoms with van der Waals surface area (Å²) in [6, 6.07) is 6.87. The van der Waals surface area contributed by atoms with Gasteiger partial charge in [-0.3, -0.25) is 9.59 Å². The molecule has 3 rings (SSSR count). The zero-order chi connectivity index (χ0) is 19.1. The lowest BCUT2D eigenvalue weighted by Gasteiger charge is -2.36. The molecular weight excluding hydrogens is 346 g/mol. The summed E-state index contributed by atoms with van der Waals surface area (Å²) in [5.41, 5.74) is 5.71. The number of amides is 2. The normalized spacial score (nSPS) is 21.0. The summed E-state index contributed by atoms with van der Waals surface area (Å²) in [6.07, 6.45) is 2.95. The Morgan fingerprint density at radius 2 is 1.89 bits per heavy atom. The number of hydrogen-bond donors (Lipinski definition) is 1. The second kappa shape index (κ2) is 9.71. The molecule has 7 nitrogen and oxygen atoms in total. The van der Waals surface area contributed by atoms with Crippen LogP contribution in [0.4, 0.5) is 0 Å². The first-order valence-corrected chi connectivity index (χ1v) is 9.75. The molecule has 2 heterocycles. The van der Waals surface area contributed by atoms with Crippen LogP contribution in [0.15, 0.2) is 24.3 Å². The van der Waals surface area contributed by atoms with Crippen molar-refractivity contribution >= 4 is 11.8 Å². The largest absolute Gasteiger partial charge is 0.494 e. The fraction of sp³-hybridized carbons (Fsp3) is 0.600. The van der Waals surface area contributed by atoms with E-state index >= 15 is 0 Å². The first-order valence-electron chi connectivity index (χ1n) is 9.75. The molecule has 0 radical (unpaired) electrons. The van der Waals surface area contributed by atoms with E-state index < -0.39 is 5.91 Å². The number of hydrogen-bond acceptors (Lipinski definition) is 5. The Balaban J connectivity index is 1.37. The fourth-order valence-corrected chi connectivity index (χ4v) is 3.70. The van der Waals surface area contributed by atoms with Gasteiger partial charge in [-0.2, -0.15) is 0 Å². The van der Waals surface area contributed by atoms with Crippen LogP contribution in [-0.2, 0) is 9.53 Å². The first kappa shape index (κ1) is 19.6. The van der Waals surface area contributed by atoms with Crippen LogP contribution in [-0.4, -0.2) is 74.2 Å². The van der Waals surface area contributed by atoms with Crippen LogP contribution in [0.2, 0.25) is 0 Å². The van der Waals surface area contributed by atoms with Gasteiger partial charge in [0.1, 0.15) is 5.75 Å². The third kappa shape index (κ3) is 5.68. The molecule has 0 saturated carbocycles. The highest BCUT2D eigenvalue weighted by Gasteiger charge is 2.29. The number of primary amides is 1. The number of benzene rings is 1. The molecule has 0 aromatic heterocycles. The standard InChI is InChI=1S/C20H29N3O4/c21-19(24)16-4-6-18(7-5-16)27-12-2-9-22-8-1-3-17(15-22)20(25)23-10-13-26-14-11-23/h4-7,17H,1-3,8-15H2,(H2,21,24). The van der Waals surface area contributed by atoms with E-state index in [1.165, 1.54) is 0 Å². The minimum atomic E-state index is -0.437. The molecule has 7 heteroatoms. The van der Waals surface area contributed by atoms with Gasteiger partial charge in [0.25, 0.3) is 0 Å². The quantitative estimate of drug-likeness (QED) is 0.722. The first-order chi connectivity index (χ1) is 13.1. The van der Waals surface area contributed by atoms with Crippen molar-refractivity contribution in [3.63, 3.8) is 0 Å². The molecular formula is C20H29N3O4. The molecule has 2 aliphatic rings. The van der Waals surface area contributed by atoms with Crippen molar-refractivity contribution in [3.8, 4) is 5.75 Å². The van der Waals surface area contributed by atoms with Crippen molar-refractivity contribution in [3.05, 3.63) is 29.8 Å². The maximum atomic E-state index is 12.7. The molecule has 2 amide bonds. The van der Waals surface area contributed by atoms with Crippen molar-refractivity contribution in [2.45, 2.75) is 19.3 Å². The summed E-state index contributed by atoms with van der Waals surface area (Å²) in [5.74, 6) is 0.694. The number of rotatable bonds is 7. The van der Waals surface area contributed by atoms with Crippen LogP contribution >= 0.6 is 0 Å². The lowest BCUT2D eigenvalue weighted by atomic mass is 9.96. The number of nitrogens with zero attached hydrogens (tertiary/aromatic N) is 2. The highest BCUT2D eigenvalue weighted by molar-refractivity contribution is 5.92. The van der Waals surface area contributed by atoms with Crippen LogP contribution < -0.4 is 10.5 Å². The van der Waals surface area contributed by atoms with Gasteiger partial charge in [0.2, 0.25) is 11.8 Å². The molecule has 1 atom stereocenters. The third-order valence-corrected chi connectivity index (χ3v) is 5.20. The van der Waals surface area contributed by atoms with E-state index in [4.69, 9.17) is 15.2 Å². The lowest BCUT2D eigenvalue weighted by Crippen LogP contribution is -2.48. The second-order valence-electron chi connectivity index (χ2n) is 7.17. The molecule has 148 valence electrons. The van der Waals surface area contributed by atoms with Gasteiger partial charge >= 0.3 is 0 Å². The molecule has 2 aliphatic heterocycles. The van der Waals surface area contributed by atoms with E-state index in [-0.39, 0.29) is 11.8 Å². The Hall–Kier alpha value is -2.12. The van der Waals surface area contributed by atoms with Crippen molar-refractivity contribution in [2.75, 3.05) is 52.5 Å². The van der Waals surface area contributed by atoms with Gasteiger partial charge in [-0.1, -0.05) is 0 Å². The second-order valence-corrected chi connectivity index (χ2v) is 7.17. The fourth-order valence-electron chi connectivity index (χ4n) is 3.70. The van der Waals surface area contributed by atoms with E-state index in [1.54, 1.807) is 24.3 Å². The molecule has 0 spiro atoms. The van der Waals surface area contributed by atoms with Crippen LogP contribution in [0.25, 0.3) is 0 Å². The average molecular weight is 375 g/mol. The molecule has 2 saturated heterocycles. The van der Waals surface area contributed by atoms with Gasteiger partial charge in [0.15, 0.2) is 0 Å². The Bertz CT molecular complexity index is 629. The minimum Gasteiger partial charge on any atom is -0.494 e. The van der Waals surface area contributed by atoms with E-state index in [0.717, 1.165) is 57.7 Å². The van der Waals surface area contributed by atoms with Gasteiger partial charge in [0, 0.05) is 31.7 Å². The Morgan fingerprint density at radius 3 is 2.59 bits per heavy atom. The van der Waals surface area contributed by atoms with Gasteiger partial charge in [-0.25, -0.2) is 0 Å². The maximum Gasteiger partial charge on any atom is 0.248 e. The predicted octanol–water partition coefficient (Wildman–Crippen LogP) is 1.13. The van der Waals surface area contributed by atoms with E-state index in [2.05, 4.69) is 4.90 Å². The summed E-state index contributed by atoms with van der Waals surface area (Å²) < 4.78 is 11.1. The molecule has 2 N–H and O–H groups in total. The Kier molecular flexibility index (Phi) is 7.06. The molecule has 2 fully saturated rings. The predicted molar refractivity (Wildman–Crippen MR) is 102 cm³/mol. The number of nitrogens with two attached hydrogens (primary N) is 1. The highest BCUT2D eigenvalue weighted by atomic mass is 16.5. The van der Waals surface area contributed by atoms with E-state index in [1.807, 2.05) is 4.90 Å². The SMILES string of the molecule is NC(=O)c1ccc(OCCCN2CCCC(C(=O)N3CCOCC3)C2)cc1. The Morgan fingerprint density at radius 1 is 1.15 bits per heavy atom. The molecule has 0 bridgehead atoms. The Labute approximate surface area is 160 Å². The number of piperidine rings is 1. The number of likely N-dealkylation sites (tertiary alicyclic amines) is 1. The summed E-state index contributed by atoms with van der Waals surface area (Å²) in [4.78, 5) is 28.1. The zero-order valence-electron chi connectivity index (χ0n) is 15.8. The van der Waals surface area contributed by atoms with Crippen LogP contribution in [0.3, 0.4) is 0 Å². The zero-order valence-corrected chi connectivity index (χ0v) is 15.8. The summed E-state index contributed by atoms with van der Waals surface area (Å²) in [7, 11) is 0. The van der Waals surface area contributed by atoms with Crippen LogP contribution in [0, 0.1) is 5.92 Å². The number of morpholine rings is 1. The minimum absolute atomic E-state index is 0.110. The monoisotopic (exact) mass is 375 g/mol. The maximum absolute atomic E-state index is 12.7. The number of carbonyl (C=O) groups is 2. The molecule has 0 aliphatic carbocycles. The van der Waals surface area contributed by atoms with Crippen molar-refractivity contribution in [1.82, 2.24) is 9.80 Å². The average Bonchev–Trinajstić information content (AvgIpc) is 2.72. The molecule has 27 heavy (non-hydrogen) atoms. The number of ether oxygens (including phenoxy) is 2.